The lowest BCUT2D eigenvalue weighted by Crippen LogP contribution is -2.19. The predicted molar refractivity (Wildman–Crippen MR) is 105 cm³/mol. The monoisotopic (exact) mass is 369 g/mol. The third kappa shape index (κ3) is 3.08. The Kier molecular flexibility index (Phi) is 4.42. The molecule has 0 saturated carbocycles. The molecule has 1 aromatic carbocycles. The summed E-state index contributed by atoms with van der Waals surface area (Å²) in [4.78, 5) is 12.2. The normalized spacial score (nSPS) is 13.0. The number of pyridine rings is 1. The second kappa shape index (κ2) is 6.73. The quantitative estimate of drug-likeness (QED) is 0.664. The molecule has 2 N–H and O–H groups in total. The zero-order chi connectivity index (χ0) is 18.3. The minimum absolute atomic E-state index is 0.270. The van der Waals surface area contributed by atoms with E-state index in [0.717, 1.165) is 51.1 Å². The van der Waals surface area contributed by atoms with Gasteiger partial charge in [-0.1, -0.05) is 17.2 Å². The number of nitrogen functional groups attached to an aromatic ring is 1. The molecule has 0 saturated heterocycles. The first-order chi connectivity index (χ1) is 12.5. The molecule has 134 valence electrons. The summed E-state index contributed by atoms with van der Waals surface area (Å²) >= 11 is 1.61. The highest BCUT2D eigenvalue weighted by atomic mass is 32.2. The number of likely N-dealkylation sites (N-methyl/N-ethyl adjacent to an activating group) is 1. The molecule has 0 radical (unpaired) electrons. The second-order valence-corrected chi connectivity index (χ2v) is 7.50. The molecule has 1 aliphatic rings. The Labute approximate surface area is 156 Å². The zero-order valence-electron chi connectivity index (χ0n) is 15.0. The minimum atomic E-state index is 0.270. The molecule has 9 heteroatoms. The van der Waals surface area contributed by atoms with Crippen molar-refractivity contribution in [1.29, 1.82) is 0 Å². The smallest absolute Gasteiger partial charge is 0.231 e. The van der Waals surface area contributed by atoms with Crippen LogP contribution in [0.25, 0.3) is 11.0 Å². The molecule has 2 aromatic heterocycles. The van der Waals surface area contributed by atoms with E-state index in [2.05, 4.69) is 36.4 Å². The molecule has 0 fully saturated rings. The molecule has 0 atom stereocenters. The van der Waals surface area contributed by atoms with Crippen LogP contribution in [0.3, 0.4) is 0 Å². The van der Waals surface area contributed by atoms with E-state index in [1.54, 1.807) is 18.0 Å². The maximum atomic E-state index is 6.05. The minimum Gasteiger partial charge on any atom is -0.454 e. The molecule has 0 amide bonds. The summed E-state index contributed by atoms with van der Waals surface area (Å²) in [6.45, 7) is 1.99. The Morgan fingerprint density at radius 1 is 1.31 bits per heavy atom. The van der Waals surface area contributed by atoms with Gasteiger partial charge in [-0.05, 0) is 32.3 Å². The number of nitrogens with zero attached hydrogens (tertiary/aromatic N) is 4. The van der Waals surface area contributed by atoms with Gasteiger partial charge in [-0.2, -0.15) is 0 Å². The van der Waals surface area contributed by atoms with Crippen molar-refractivity contribution in [2.24, 2.45) is 0 Å². The van der Waals surface area contributed by atoms with Gasteiger partial charge in [-0.25, -0.2) is 9.97 Å². The number of imidazole rings is 1. The first-order valence-corrected chi connectivity index (χ1v) is 9.18. The van der Waals surface area contributed by atoms with E-state index in [-0.39, 0.29) is 6.79 Å². The summed E-state index contributed by atoms with van der Waals surface area (Å²) in [6.07, 6.45) is 1.73. The van der Waals surface area contributed by atoms with Crippen molar-refractivity contribution >= 4 is 41.9 Å². The van der Waals surface area contributed by atoms with E-state index in [1.807, 2.05) is 18.2 Å². The van der Waals surface area contributed by atoms with Crippen molar-refractivity contribution in [3.63, 3.8) is 0 Å². The van der Waals surface area contributed by atoms with Gasteiger partial charge in [-0.15, -0.1) is 0 Å². The summed E-state index contributed by atoms with van der Waals surface area (Å²) in [7, 11) is 6.18. The number of hydrogen-bond acceptors (Lipinski definition) is 7. The van der Waals surface area contributed by atoms with Crippen LogP contribution in [0.1, 0.15) is 0 Å². The maximum Gasteiger partial charge on any atom is 0.231 e. The van der Waals surface area contributed by atoms with Crippen LogP contribution in [-0.2, 0) is 6.54 Å². The second-order valence-electron chi connectivity index (χ2n) is 6.49. The number of nitrogens with two attached hydrogens (primary N) is 1. The lowest BCUT2D eigenvalue weighted by Gasteiger charge is -2.14. The largest absolute Gasteiger partial charge is 0.454 e. The average Bonchev–Trinajstić information content (AvgIpc) is 3.18. The van der Waals surface area contributed by atoms with E-state index >= 15 is 0 Å². The first kappa shape index (κ1) is 17.1. The predicted octanol–water partition coefficient (Wildman–Crippen LogP) is 0.713. The average molecular weight is 369 g/mol. The molecular weight excluding hydrogens is 349 g/mol. The van der Waals surface area contributed by atoms with E-state index in [4.69, 9.17) is 20.2 Å². The zero-order valence-corrected chi connectivity index (χ0v) is 15.8. The maximum absolute atomic E-state index is 6.05. The highest BCUT2D eigenvalue weighted by molar-refractivity contribution is 7.99. The Morgan fingerprint density at radius 2 is 2.08 bits per heavy atom. The molecule has 26 heavy (non-hydrogen) atoms. The van der Waals surface area contributed by atoms with E-state index in [1.165, 1.54) is 0 Å². The van der Waals surface area contributed by atoms with Gasteiger partial charge in [0.1, 0.15) is 13.4 Å². The van der Waals surface area contributed by atoms with Gasteiger partial charge in [0.25, 0.3) is 0 Å². The summed E-state index contributed by atoms with van der Waals surface area (Å²) in [5.41, 5.74) is 8.91. The molecule has 0 unspecified atom stereocenters. The van der Waals surface area contributed by atoms with Crippen LogP contribution in [0.15, 0.2) is 34.4 Å². The van der Waals surface area contributed by atoms with Gasteiger partial charge in [0.15, 0.2) is 22.5 Å². The fourth-order valence-electron chi connectivity index (χ4n) is 2.88. The highest BCUT2D eigenvalue weighted by Crippen LogP contribution is 2.37. The molecule has 0 aliphatic carbocycles. The van der Waals surface area contributed by atoms with Crippen LogP contribution < -0.4 is 20.7 Å². The van der Waals surface area contributed by atoms with Gasteiger partial charge in [0.2, 0.25) is 6.79 Å². The van der Waals surface area contributed by atoms with E-state index < -0.39 is 0 Å². The van der Waals surface area contributed by atoms with Gasteiger partial charge in [0.05, 0.1) is 5.52 Å². The summed E-state index contributed by atoms with van der Waals surface area (Å²) < 4.78 is 13.2. The summed E-state index contributed by atoms with van der Waals surface area (Å²) in [5, 5.41) is 0.892. The number of hydrogen-bond donors (Lipinski definition) is 1. The van der Waals surface area contributed by atoms with Gasteiger partial charge >= 0.3 is 0 Å². The van der Waals surface area contributed by atoms with Crippen molar-refractivity contribution < 1.29 is 9.47 Å². The molecule has 3 heterocycles. The third-order valence-electron chi connectivity index (χ3n) is 4.30. The lowest BCUT2D eigenvalue weighted by molar-refractivity contribution is 0.174. The lowest BCUT2D eigenvalue weighted by atomic mass is 9.96. The van der Waals surface area contributed by atoms with E-state index in [0.29, 0.717) is 5.82 Å². The molecule has 0 bridgehead atoms. The Morgan fingerprint density at radius 3 is 2.85 bits per heavy atom. The van der Waals surface area contributed by atoms with Crippen molar-refractivity contribution in [3.8, 4) is 11.5 Å². The van der Waals surface area contributed by atoms with Crippen LogP contribution in [0.5, 0.6) is 11.5 Å². The fraction of sp³-hybridized carbons (Fsp3) is 0.294. The van der Waals surface area contributed by atoms with Crippen molar-refractivity contribution in [3.05, 3.63) is 24.4 Å². The van der Waals surface area contributed by atoms with Gasteiger partial charge in [-0.3, -0.25) is 0 Å². The van der Waals surface area contributed by atoms with Crippen molar-refractivity contribution in [2.45, 2.75) is 16.6 Å². The first-order valence-electron chi connectivity index (χ1n) is 8.36. The standard InChI is InChI=1S/C17H20BN5O2S/c1-22(2)5-6-23-11-3-4-20-16(19)15(11)21-17(23)26-14-8-13-12(7-10(14)18)24-9-25-13/h3-4,7-8H,5-6,9,18H2,1-2H3,(H2,19,20). The van der Waals surface area contributed by atoms with Crippen LogP contribution in [0, 0.1) is 0 Å². The number of ether oxygens (including phenoxy) is 2. The Balaban J connectivity index is 1.76. The third-order valence-corrected chi connectivity index (χ3v) is 5.46. The molecule has 4 rings (SSSR count). The van der Waals surface area contributed by atoms with Crippen LogP contribution in [0.4, 0.5) is 5.82 Å². The highest BCUT2D eigenvalue weighted by Gasteiger charge is 2.19. The summed E-state index contributed by atoms with van der Waals surface area (Å²) in [5.74, 6) is 2.02. The molecule has 0 spiro atoms. The molecule has 1 aliphatic heterocycles. The SMILES string of the molecule is Bc1cc2c(cc1Sc1nc3c(N)nccc3n1CCN(C)C)OCO2. The topological polar surface area (TPSA) is 78.4 Å². The van der Waals surface area contributed by atoms with E-state index in [9.17, 15) is 0 Å². The molecule has 3 aromatic rings. The van der Waals surface area contributed by atoms with Crippen LogP contribution >= 0.6 is 11.8 Å². The molecular formula is C17H20BN5O2S. The Hall–Kier alpha value is -2.39. The number of anilines is 1. The summed E-state index contributed by atoms with van der Waals surface area (Å²) in [6, 6.07) is 5.98. The Bertz CT molecular complexity index is 975. The van der Waals surface area contributed by atoms with Crippen molar-refractivity contribution in [1.82, 2.24) is 19.4 Å². The number of rotatable bonds is 5. The van der Waals surface area contributed by atoms with Crippen LogP contribution in [0.2, 0.25) is 0 Å². The fourth-order valence-corrected chi connectivity index (χ4v) is 3.90. The number of benzene rings is 1. The number of aromatic nitrogens is 3. The molecule has 7 nitrogen and oxygen atoms in total. The van der Waals surface area contributed by atoms with Gasteiger partial charge in [0, 0.05) is 24.2 Å². The van der Waals surface area contributed by atoms with Gasteiger partial charge < -0.3 is 24.7 Å². The van der Waals surface area contributed by atoms with Crippen molar-refractivity contribution in [2.75, 3.05) is 33.2 Å². The number of fused-ring (bicyclic) bond motifs is 2. The van der Waals surface area contributed by atoms with Crippen LogP contribution in [-0.4, -0.2) is 54.7 Å².